The van der Waals surface area contributed by atoms with E-state index in [0.717, 1.165) is 11.1 Å². The summed E-state index contributed by atoms with van der Waals surface area (Å²) in [7, 11) is 1.73. The number of amides is 1. The van der Waals surface area contributed by atoms with E-state index in [0.29, 0.717) is 19.4 Å². The van der Waals surface area contributed by atoms with Crippen LogP contribution in [-0.4, -0.2) is 23.9 Å². The topological polar surface area (TPSA) is 70.1 Å². The summed E-state index contributed by atoms with van der Waals surface area (Å²) in [6.07, 6.45) is 0.681. The summed E-state index contributed by atoms with van der Waals surface area (Å²) in [5.41, 5.74) is 7.59. The van der Waals surface area contributed by atoms with Crippen LogP contribution >= 0.6 is 0 Å². The zero-order valence-electron chi connectivity index (χ0n) is 10.9. The Morgan fingerprint density at radius 1 is 1.44 bits per heavy atom. The van der Waals surface area contributed by atoms with E-state index < -0.39 is 0 Å². The maximum Gasteiger partial charge on any atom is 0.227 e. The van der Waals surface area contributed by atoms with Gasteiger partial charge in [0.2, 0.25) is 5.91 Å². The number of carbonyl (C=O) groups excluding carboxylic acids is 1. The first-order valence-electron chi connectivity index (χ1n) is 5.99. The monoisotopic (exact) mass is 245 g/mol. The van der Waals surface area contributed by atoms with Crippen LogP contribution in [-0.2, 0) is 17.8 Å². The Morgan fingerprint density at radius 2 is 2.06 bits per heavy atom. The van der Waals surface area contributed by atoms with Gasteiger partial charge in [0.05, 0.1) is 18.9 Å². The summed E-state index contributed by atoms with van der Waals surface area (Å²) in [5.74, 6) is 0.0126. The Balaban J connectivity index is 2.73. The molecule has 0 saturated heterocycles. The first-order valence-corrected chi connectivity index (χ1v) is 5.99. The van der Waals surface area contributed by atoms with Crippen LogP contribution < -0.4 is 5.73 Å². The number of benzene rings is 1. The zero-order chi connectivity index (χ0) is 13.5. The average molecular weight is 245 g/mol. The number of nitriles is 1. The molecule has 1 unspecified atom stereocenters. The van der Waals surface area contributed by atoms with E-state index in [-0.39, 0.29) is 11.9 Å². The van der Waals surface area contributed by atoms with Crippen molar-refractivity contribution in [2.45, 2.75) is 32.4 Å². The van der Waals surface area contributed by atoms with Crippen LogP contribution in [0.2, 0.25) is 0 Å². The van der Waals surface area contributed by atoms with Crippen molar-refractivity contribution in [3.8, 4) is 6.07 Å². The highest BCUT2D eigenvalue weighted by Crippen LogP contribution is 2.11. The molecule has 0 aliphatic rings. The van der Waals surface area contributed by atoms with Gasteiger partial charge in [0.1, 0.15) is 0 Å². The Bertz CT molecular complexity index is 451. The molecule has 0 aliphatic heterocycles. The third-order valence-corrected chi connectivity index (χ3v) is 3.12. The van der Waals surface area contributed by atoms with Crippen LogP contribution in [0.25, 0.3) is 0 Å². The fraction of sp³-hybridized carbons (Fsp3) is 0.429. The number of carbonyl (C=O) groups is 1. The van der Waals surface area contributed by atoms with Crippen LogP contribution in [0.3, 0.4) is 0 Å². The summed E-state index contributed by atoms with van der Waals surface area (Å²) in [6, 6.07) is 9.68. The molecule has 96 valence electrons. The number of rotatable bonds is 5. The third-order valence-electron chi connectivity index (χ3n) is 3.12. The normalized spacial score (nSPS) is 11.7. The molecule has 0 aliphatic carbocycles. The Kier molecular flexibility index (Phi) is 5.34. The summed E-state index contributed by atoms with van der Waals surface area (Å²) in [4.78, 5) is 13.7. The van der Waals surface area contributed by atoms with E-state index in [2.05, 4.69) is 6.07 Å². The van der Waals surface area contributed by atoms with Crippen LogP contribution in [0.15, 0.2) is 24.3 Å². The van der Waals surface area contributed by atoms with Gasteiger partial charge in [-0.3, -0.25) is 4.79 Å². The zero-order valence-corrected chi connectivity index (χ0v) is 10.9. The van der Waals surface area contributed by atoms with Gasteiger partial charge >= 0.3 is 0 Å². The maximum atomic E-state index is 12.1. The minimum Gasteiger partial charge on any atom is -0.342 e. The van der Waals surface area contributed by atoms with Crippen molar-refractivity contribution in [3.05, 3.63) is 35.4 Å². The largest absolute Gasteiger partial charge is 0.342 e. The van der Waals surface area contributed by atoms with Crippen LogP contribution in [0, 0.1) is 11.3 Å². The molecule has 0 heterocycles. The predicted octanol–water partition coefficient (Wildman–Crippen LogP) is 1.45. The molecular formula is C14H19N3O. The van der Waals surface area contributed by atoms with Crippen molar-refractivity contribution >= 4 is 5.91 Å². The lowest BCUT2D eigenvalue weighted by Crippen LogP contribution is -2.36. The first kappa shape index (κ1) is 14.2. The lowest BCUT2D eigenvalue weighted by Gasteiger charge is -2.23. The fourth-order valence-corrected chi connectivity index (χ4v) is 1.73. The van der Waals surface area contributed by atoms with Gasteiger partial charge in [-0.25, -0.2) is 0 Å². The lowest BCUT2D eigenvalue weighted by atomic mass is 10.0. The highest BCUT2D eigenvalue weighted by atomic mass is 16.2. The smallest absolute Gasteiger partial charge is 0.227 e. The third kappa shape index (κ3) is 3.57. The van der Waals surface area contributed by atoms with Crippen LogP contribution in [0.1, 0.15) is 24.5 Å². The number of nitrogens with two attached hydrogens (primary N) is 1. The Morgan fingerprint density at radius 3 is 2.61 bits per heavy atom. The number of nitrogens with zero attached hydrogens (tertiary/aromatic N) is 2. The van der Waals surface area contributed by atoms with E-state index in [1.165, 1.54) is 0 Å². The molecule has 4 heteroatoms. The van der Waals surface area contributed by atoms with Crippen molar-refractivity contribution in [2.24, 2.45) is 5.73 Å². The van der Waals surface area contributed by atoms with Gasteiger partial charge in [-0.15, -0.1) is 0 Å². The van der Waals surface area contributed by atoms with Gasteiger partial charge in [0.15, 0.2) is 0 Å². The van der Waals surface area contributed by atoms with Gasteiger partial charge in [-0.2, -0.15) is 5.26 Å². The molecule has 0 spiro atoms. The summed E-state index contributed by atoms with van der Waals surface area (Å²) in [5, 5.41) is 8.63. The standard InChI is InChI=1S/C14H19N3O/c1-11(7-8-15)17(2)14(18)9-12-5-3-4-6-13(12)10-16/h3-6,11H,7,9-10,16H2,1-2H3. The molecule has 1 atom stereocenters. The molecule has 1 amide bonds. The molecular weight excluding hydrogens is 226 g/mol. The minimum atomic E-state index is -0.0625. The average Bonchev–Trinajstić information content (AvgIpc) is 2.38. The maximum absolute atomic E-state index is 12.1. The number of hydrogen-bond donors (Lipinski definition) is 1. The number of hydrogen-bond acceptors (Lipinski definition) is 3. The summed E-state index contributed by atoms with van der Waals surface area (Å²) >= 11 is 0. The van der Waals surface area contributed by atoms with Crippen LogP contribution in [0.5, 0.6) is 0 Å². The Hall–Kier alpha value is -1.86. The van der Waals surface area contributed by atoms with Crippen molar-refractivity contribution in [2.75, 3.05) is 7.05 Å². The summed E-state index contributed by atoms with van der Waals surface area (Å²) < 4.78 is 0. The molecule has 18 heavy (non-hydrogen) atoms. The van der Waals surface area contributed by atoms with Gasteiger partial charge in [-0.05, 0) is 18.1 Å². The van der Waals surface area contributed by atoms with Gasteiger partial charge < -0.3 is 10.6 Å². The Labute approximate surface area is 108 Å². The highest BCUT2D eigenvalue weighted by molar-refractivity contribution is 5.79. The second kappa shape index (κ2) is 6.77. The molecule has 1 aromatic carbocycles. The molecule has 0 bridgehead atoms. The molecule has 2 N–H and O–H groups in total. The molecule has 0 aromatic heterocycles. The SMILES string of the molecule is CC(CC#N)N(C)C(=O)Cc1ccccc1CN. The molecule has 0 radical (unpaired) electrons. The quantitative estimate of drug-likeness (QED) is 0.853. The van der Waals surface area contributed by atoms with Gasteiger partial charge in [0.25, 0.3) is 0 Å². The minimum absolute atomic E-state index is 0.0126. The number of likely N-dealkylation sites (N-methyl/N-ethyl adjacent to an activating group) is 1. The van der Waals surface area contributed by atoms with E-state index in [4.69, 9.17) is 11.0 Å². The van der Waals surface area contributed by atoms with Crippen molar-refractivity contribution < 1.29 is 4.79 Å². The van der Waals surface area contributed by atoms with Crippen molar-refractivity contribution in [1.82, 2.24) is 4.90 Å². The van der Waals surface area contributed by atoms with Crippen molar-refractivity contribution in [1.29, 1.82) is 5.26 Å². The lowest BCUT2D eigenvalue weighted by molar-refractivity contribution is -0.130. The highest BCUT2D eigenvalue weighted by Gasteiger charge is 2.16. The molecule has 0 saturated carbocycles. The van der Waals surface area contributed by atoms with E-state index >= 15 is 0 Å². The second-order valence-corrected chi connectivity index (χ2v) is 4.37. The van der Waals surface area contributed by atoms with Gasteiger partial charge in [0, 0.05) is 19.6 Å². The van der Waals surface area contributed by atoms with E-state index in [1.54, 1.807) is 11.9 Å². The van der Waals surface area contributed by atoms with E-state index in [9.17, 15) is 4.79 Å². The van der Waals surface area contributed by atoms with E-state index in [1.807, 2.05) is 31.2 Å². The predicted molar refractivity (Wildman–Crippen MR) is 70.5 cm³/mol. The molecule has 0 fully saturated rings. The van der Waals surface area contributed by atoms with Crippen molar-refractivity contribution in [3.63, 3.8) is 0 Å². The fourth-order valence-electron chi connectivity index (χ4n) is 1.73. The molecule has 4 nitrogen and oxygen atoms in total. The molecule has 1 rings (SSSR count). The first-order chi connectivity index (χ1) is 8.60. The summed E-state index contributed by atoms with van der Waals surface area (Å²) in [6.45, 7) is 2.30. The second-order valence-electron chi connectivity index (χ2n) is 4.37. The molecule has 1 aromatic rings. The van der Waals surface area contributed by atoms with Gasteiger partial charge in [-0.1, -0.05) is 24.3 Å². The van der Waals surface area contributed by atoms with Crippen LogP contribution in [0.4, 0.5) is 0 Å².